The van der Waals surface area contributed by atoms with E-state index in [9.17, 15) is 8.42 Å². The quantitative estimate of drug-likeness (QED) is 0.849. The summed E-state index contributed by atoms with van der Waals surface area (Å²) in [5.74, 6) is 0. The van der Waals surface area contributed by atoms with Gasteiger partial charge < -0.3 is 5.11 Å². The van der Waals surface area contributed by atoms with Crippen molar-refractivity contribution in [2.75, 3.05) is 4.72 Å². The van der Waals surface area contributed by atoms with E-state index in [2.05, 4.69) is 20.7 Å². The molecule has 0 unspecified atom stereocenters. The van der Waals surface area contributed by atoms with Gasteiger partial charge in [-0.15, -0.1) is 0 Å². The first-order valence-electron chi connectivity index (χ1n) is 6.47. The van der Waals surface area contributed by atoms with E-state index in [1.807, 2.05) is 13.0 Å². The maximum atomic E-state index is 12.4. The number of rotatable bonds is 5. The number of hydrogen-bond donors (Lipinski definition) is 2. The first-order valence-corrected chi connectivity index (χ1v) is 8.75. The fraction of sp³-hybridized carbons (Fsp3) is 0.200. The highest BCUT2D eigenvalue weighted by molar-refractivity contribution is 9.10. The predicted molar refractivity (Wildman–Crippen MR) is 86.7 cm³/mol. The lowest BCUT2D eigenvalue weighted by atomic mass is 10.1. The molecule has 0 fully saturated rings. The molecular weight excluding hydrogens is 354 g/mol. The van der Waals surface area contributed by atoms with Crippen molar-refractivity contribution in [3.05, 3.63) is 58.1 Å². The zero-order chi connectivity index (χ0) is 15.5. The van der Waals surface area contributed by atoms with Crippen LogP contribution in [-0.4, -0.2) is 13.5 Å². The monoisotopic (exact) mass is 369 g/mol. The number of anilines is 1. The van der Waals surface area contributed by atoms with Crippen molar-refractivity contribution in [2.24, 2.45) is 0 Å². The second kappa shape index (κ2) is 6.60. The van der Waals surface area contributed by atoms with Gasteiger partial charge in [-0.3, -0.25) is 4.72 Å². The normalized spacial score (nSPS) is 11.4. The Kier molecular flexibility index (Phi) is 5.03. The Bertz CT molecular complexity index is 744. The average Bonchev–Trinajstić information content (AvgIpc) is 2.49. The Morgan fingerprint density at radius 2 is 1.95 bits per heavy atom. The topological polar surface area (TPSA) is 66.4 Å². The summed E-state index contributed by atoms with van der Waals surface area (Å²) in [7, 11) is -3.67. The Labute approximate surface area is 133 Å². The zero-order valence-electron chi connectivity index (χ0n) is 11.5. The summed E-state index contributed by atoms with van der Waals surface area (Å²) in [5, 5.41) is 9.11. The molecule has 0 saturated heterocycles. The van der Waals surface area contributed by atoms with Crippen LogP contribution in [0, 0.1) is 0 Å². The van der Waals surface area contributed by atoms with E-state index in [0.29, 0.717) is 17.7 Å². The summed E-state index contributed by atoms with van der Waals surface area (Å²) in [6.07, 6.45) is 0.716. The largest absolute Gasteiger partial charge is 0.392 e. The molecule has 2 aromatic carbocycles. The minimum atomic E-state index is -3.67. The molecule has 2 aromatic rings. The number of aliphatic hydroxyl groups is 1. The first-order chi connectivity index (χ1) is 9.96. The van der Waals surface area contributed by atoms with Crippen molar-refractivity contribution in [3.63, 3.8) is 0 Å². The van der Waals surface area contributed by atoms with Crippen molar-refractivity contribution in [1.29, 1.82) is 0 Å². The molecule has 0 aromatic heterocycles. The number of sulfonamides is 1. The lowest BCUT2D eigenvalue weighted by molar-refractivity contribution is 0.281. The molecule has 0 aliphatic heterocycles. The average molecular weight is 370 g/mol. The van der Waals surface area contributed by atoms with Gasteiger partial charge >= 0.3 is 0 Å². The molecule has 2 N–H and O–H groups in total. The van der Waals surface area contributed by atoms with Crippen molar-refractivity contribution in [3.8, 4) is 0 Å². The molecule has 0 atom stereocenters. The molecule has 4 nitrogen and oxygen atoms in total. The van der Waals surface area contributed by atoms with Gasteiger partial charge in [0.05, 0.1) is 17.2 Å². The molecule has 6 heteroatoms. The van der Waals surface area contributed by atoms with Gasteiger partial charge in [0.2, 0.25) is 0 Å². The number of halogens is 1. The van der Waals surface area contributed by atoms with E-state index in [0.717, 1.165) is 10.0 Å². The van der Waals surface area contributed by atoms with E-state index in [4.69, 9.17) is 5.11 Å². The van der Waals surface area contributed by atoms with E-state index >= 15 is 0 Å². The van der Waals surface area contributed by atoms with Gasteiger partial charge in [0.15, 0.2) is 0 Å². The summed E-state index contributed by atoms with van der Waals surface area (Å²) in [5.41, 5.74) is 2.03. The Morgan fingerprint density at radius 3 is 2.62 bits per heavy atom. The molecule has 0 aliphatic carbocycles. The molecule has 0 bridgehead atoms. The standard InChI is InChI=1S/C15H16BrNO3S/c1-2-12-9-13(16)6-7-15(12)17-21(19,20)14-5-3-4-11(8-14)10-18/h3-9,17-18H,2,10H2,1H3. The van der Waals surface area contributed by atoms with Crippen LogP contribution in [0.1, 0.15) is 18.1 Å². The van der Waals surface area contributed by atoms with Gasteiger partial charge in [-0.2, -0.15) is 0 Å². The number of aliphatic hydroxyl groups excluding tert-OH is 1. The van der Waals surface area contributed by atoms with E-state index < -0.39 is 10.0 Å². The van der Waals surface area contributed by atoms with Gasteiger partial charge in [0.1, 0.15) is 0 Å². The lowest BCUT2D eigenvalue weighted by Crippen LogP contribution is -2.14. The summed E-state index contributed by atoms with van der Waals surface area (Å²) in [4.78, 5) is 0.138. The van der Waals surface area contributed by atoms with Gasteiger partial charge in [0, 0.05) is 4.47 Å². The minimum absolute atomic E-state index is 0.138. The van der Waals surface area contributed by atoms with Crippen molar-refractivity contribution in [1.82, 2.24) is 0 Å². The summed E-state index contributed by atoms with van der Waals surface area (Å²) in [6, 6.07) is 11.7. The van der Waals surface area contributed by atoms with Gasteiger partial charge in [-0.05, 0) is 47.9 Å². The predicted octanol–water partition coefficient (Wildman–Crippen LogP) is 3.30. The third-order valence-electron chi connectivity index (χ3n) is 3.08. The Morgan fingerprint density at radius 1 is 1.19 bits per heavy atom. The maximum Gasteiger partial charge on any atom is 0.261 e. The molecule has 0 amide bonds. The number of nitrogens with one attached hydrogen (secondary N) is 1. The number of benzene rings is 2. The van der Waals surface area contributed by atoms with Gasteiger partial charge in [-0.25, -0.2) is 8.42 Å². The molecular formula is C15H16BrNO3S. The smallest absolute Gasteiger partial charge is 0.261 e. The number of hydrogen-bond acceptors (Lipinski definition) is 3. The highest BCUT2D eigenvalue weighted by Crippen LogP contribution is 2.24. The van der Waals surface area contributed by atoms with Crippen LogP contribution in [0.25, 0.3) is 0 Å². The third kappa shape index (κ3) is 3.84. The zero-order valence-corrected chi connectivity index (χ0v) is 13.9. The van der Waals surface area contributed by atoms with Crippen LogP contribution in [0.4, 0.5) is 5.69 Å². The molecule has 0 heterocycles. The van der Waals surface area contributed by atoms with Gasteiger partial charge in [0.25, 0.3) is 10.0 Å². The van der Waals surface area contributed by atoms with Crippen molar-refractivity contribution in [2.45, 2.75) is 24.8 Å². The van der Waals surface area contributed by atoms with Crippen LogP contribution in [-0.2, 0) is 23.1 Å². The summed E-state index contributed by atoms with van der Waals surface area (Å²) >= 11 is 3.38. The van der Waals surface area contributed by atoms with Crippen molar-refractivity contribution < 1.29 is 13.5 Å². The molecule has 112 valence electrons. The van der Waals surface area contributed by atoms with Crippen LogP contribution in [0.3, 0.4) is 0 Å². The van der Waals surface area contributed by atoms with Crippen LogP contribution >= 0.6 is 15.9 Å². The number of aryl methyl sites for hydroxylation is 1. The minimum Gasteiger partial charge on any atom is -0.392 e. The third-order valence-corrected chi connectivity index (χ3v) is 4.94. The fourth-order valence-electron chi connectivity index (χ4n) is 1.97. The summed E-state index contributed by atoms with van der Waals surface area (Å²) < 4.78 is 28.3. The maximum absolute atomic E-state index is 12.4. The van der Waals surface area contributed by atoms with Crippen LogP contribution in [0.15, 0.2) is 51.8 Å². The molecule has 0 saturated carbocycles. The van der Waals surface area contributed by atoms with E-state index in [1.165, 1.54) is 12.1 Å². The van der Waals surface area contributed by atoms with Crippen LogP contribution in [0.2, 0.25) is 0 Å². The van der Waals surface area contributed by atoms with E-state index in [-0.39, 0.29) is 11.5 Å². The Balaban J connectivity index is 2.37. The van der Waals surface area contributed by atoms with E-state index in [1.54, 1.807) is 24.3 Å². The van der Waals surface area contributed by atoms with Crippen LogP contribution in [0.5, 0.6) is 0 Å². The SMILES string of the molecule is CCc1cc(Br)ccc1NS(=O)(=O)c1cccc(CO)c1. The lowest BCUT2D eigenvalue weighted by Gasteiger charge is -2.12. The molecule has 21 heavy (non-hydrogen) atoms. The highest BCUT2D eigenvalue weighted by Gasteiger charge is 2.16. The fourth-order valence-corrected chi connectivity index (χ4v) is 3.55. The molecule has 0 aliphatic rings. The summed E-state index contributed by atoms with van der Waals surface area (Å²) in [6.45, 7) is 1.77. The molecule has 0 radical (unpaired) electrons. The van der Waals surface area contributed by atoms with Crippen molar-refractivity contribution >= 4 is 31.6 Å². The highest BCUT2D eigenvalue weighted by atomic mass is 79.9. The Hall–Kier alpha value is -1.37. The second-order valence-corrected chi connectivity index (χ2v) is 7.16. The van der Waals surface area contributed by atoms with Crippen LogP contribution < -0.4 is 4.72 Å². The van der Waals surface area contributed by atoms with Gasteiger partial charge in [-0.1, -0.05) is 35.0 Å². The first kappa shape index (κ1) is 16.0. The molecule has 0 spiro atoms. The second-order valence-electron chi connectivity index (χ2n) is 4.57. The molecule has 2 rings (SSSR count).